The third-order valence-corrected chi connectivity index (χ3v) is 4.63. The van der Waals surface area contributed by atoms with E-state index in [2.05, 4.69) is 6.92 Å². The van der Waals surface area contributed by atoms with E-state index in [0.29, 0.717) is 17.4 Å². The van der Waals surface area contributed by atoms with Crippen molar-refractivity contribution in [3.63, 3.8) is 0 Å². The van der Waals surface area contributed by atoms with Gasteiger partial charge in [-0.25, -0.2) is 0 Å². The normalized spacial score (nSPS) is 24.2. The van der Waals surface area contributed by atoms with Gasteiger partial charge in [-0.3, -0.25) is 14.5 Å². The van der Waals surface area contributed by atoms with Crippen LogP contribution in [0.25, 0.3) is 0 Å². The molecule has 5 heteroatoms. The zero-order chi connectivity index (χ0) is 16.6. The fraction of sp³-hybridized carbons (Fsp3) is 0.556. The molecule has 0 bridgehead atoms. The molecule has 1 aromatic carbocycles. The number of rotatable bonds is 2. The molecule has 2 heterocycles. The number of carbonyl (C=O) groups is 2. The molecule has 124 valence electrons. The number of carbonyl (C=O) groups excluding carboxylic acids is 2. The maximum atomic E-state index is 12.7. The van der Waals surface area contributed by atoms with Crippen LogP contribution in [0.3, 0.4) is 0 Å². The van der Waals surface area contributed by atoms with E-state index in [0.717, 1.165) is 25.1 Å². The highest BCUT2D eigenvalue weighted by atomic mass is 16.5. The molecule has 2 amide bonds. The van der Waals surface area contributed by atoms with Crippen LogP contribution in [0.2, 0.25) is 0 Å². The summed E-state index contributed by atoms with van der Waals surface area (Å²) in [6, 6.07) is 5.73. The second-order valence-corrected chi connectivity index (χ2v) is 6.74. The lowest BCUT2D eigenvalue weighted by molar-refractivity contribution is -0.134. The Kier molecular flexibility index (Phi) is 4.28. The van der Waals surface area contributed by atoms with Crippen LogP contribution >= 0.6 is 0 Å². The summed E-state index contributed by atoms with van der Waals surface area (Å²) >= 11 is 0. The maximum absolute atomic E-state index is 12.7. The van der Waals surface area contributed by atoms with Crippen molar-refractivity contribution in [3.8, 4) is 5.75 Å². The van der Waals surface area contributed by atoms with Crippen LogP contribution < -0.4 is 9.64 Å². The number of fused-ring (bicyclic) bond motifs is 1. The van der Waals surface area contributed by atoms with Crippen LogP contribution in [0, 0.1) is 12.8 Å². The number of anilines is 1. The Balaban J connectivity index is 1.82. The molecule has 0 spiro atoms. The van der Waals surface area contributed by atoms with E-state index in [1.807, 2.05) is 30.0 Å². The first-order valence-corrected chi connectivity index (χ1v) is 8.32. The summed E-state index contributed by atoms with van der Waals surface area (Å²) in [6.07, 6.45) is 1.65. The summed E-state index contributed by atoms with van der Waals surface area (Å²) in [4.78, 5) is 28.6. The molecular weight excluding hydrogens is 292 g/mol. The van der Waals surface area contributed by atoms with Crippen LogP contribution in [0.5, 0.6) is 5.75 Å². The molecule has 0 unspecified atom stereocenters. The van der Waals surface area contributed by atoms with Crippen LogP contribution in [0.4, 0.5) is 5.69 Å². The fourth-order valence-corrected chi connectivity index (χ4v) is 3.33. The van der Waals surface area contributed by atoms with Gasteiger partial charge in [0.15, 0.2) is 6.10 Å². The van der Waals surface area contributed by atoms with E-state index in [1.165, 1.54) is 6.42 Å². The fourth-order valence-electron chi connectivity index (χ4n) is 3.33. The molecule has 0 radical (unpaired) electrons. The lowest BCUT2D eigenvalue weighted by Crippen LogP contribution is -2.51. The predicted octanol–water partition coefficient (Wildman–Crippen LogP) is 2.37. The number of ether oxygens (including phenoxy) is 1. The Morgan fingerprint density at radius 2 is 2.13 bits per heavy atom. The predicted molar refractivity (Wildman–Crippen MR) is 88.6 cm³/mol. The molecule has 1 saturated heterocycles. The Hall–Kier alpha value is -2.04. The quantitative estimate of drug-likeness (QED) is 0.841. The number of likely N-dealkylation sites (tertiary alicyclic amines) is 1. The lowest BCUT2D eigenvalue weighted by Gasteiger charge is -2.36. The summed E-state index contributed by atoms with van der Waals surface area (Å²) in [7, 11) is 0. The maximum Gasteiger partial charge on any atom is 0.268 e. The number of amides is 2. The van der Waals surface area contributed by atoms with Crippen LogP contribution in [-0.2, 0) is 9.59 Å². The molecule has 0 aliphatic carbocycles. The first kappa shape index (κ1) is 15.8. The summed E-state index contributed by atoms with van der Waals surface area (Å²) in [5.74, 6) is 1.07. The number of nitrogens with zero attached hydrogens (tertiary/aromatic N) is 2. The van der Waals surface area contributed by atoms with Gasteiger partial charge in [-0.15, -0.1) is 0 Å². The van der Waals surface area contributed by atoms with Gasteiger partial charge in [-0.1, -0.05) is 13.0 Å². The molecule has 5 nitrogen and oxygen atoms in total. The van der Waals surface area contributed by atoms with Gasteiger partial charge < -0.3 is 9.64 Å². The van der Waals surface area contributed by atoms with Gasteiger partial charge in [0.1, 0.15) is 12.3 Å². The molecular formula is C18H24N2O3. The number of piperidine rings is 1. The molecule has 3 rings (SSSR count). The first-order chi connectivity index (χ1) is 11.0. The van der Waals surface area contributed by atoms with Gasteiger partial charge in [-0.05, 0) is 50.3 Å². The van der Waals surface area contributed by atoms with Crippen molar-refractivity contribution in [2.24, 2.45) is 5.92 Å². The standard InChI is InChI=1S/C18H24N2O3/c1-12-6-7-16-15(9-12)20(18(22)14(3)23-16)11-17(21)19-8-4-5-13(2)10-19/h6-7,9,13-14H,4-5,8,10-11H2,1-3H3/t13-,14-/m1/s1. The molecule has 2 aliphatic heterocycles. The smallest absolute Gasteiger partial charge is 0.268 e. The van der Waals surface area contributed by atoms with E-state index < -0.39 is 6.10 Å². The molecule has 0 aromatic heterocycles. The second-order valence-electron chi connectivity index (χ2n) is 6.74. The monoisotopic (exact) mass is 316 g/mol. The van der Waals surface area contributed by atoms with Crippen molar-refractivity contribution in [3.05, 3.63) is 23.8 Å². The number of hydrogen-bond donors (Lipinski definition) is 0. The molecule has 23 heavy (non-hydrogen) atoms. The average Bonchev–Trinajstić information content (AvgIpc) is 2.52. The van der Waals surface area contributed by atoms with Crippen molar-refractivity contribution in [2.75, 3.05) is 24.5 Å². The zero-order valence-corrected chi connectivity index (χ0v) is 14.0. The number of hydrogen-bond acceptors (Lipinski definition) is 3. The van der Waals surface area contributed by atoms with Crippen LogP contribution in [0.15, 0.2) is 18.2 Å². The summed E-state index contributed by atoms with van der Waals surface area (Å²) in [6.45, 7) is 7.53. The highest BCUT2D eigenvalue weighted by Crippen LogP contribution is 2.34. The molecule has 2 atom stereocenters. The van der Waals surface area contributed by atoms with E-state index in [4.69, 9.17) is 4.74 Å². The van der Waals surface area contributed by atoms with Crippen molar-refractivity contribution in [2.45, 2.75) is 39.7 Å². The highest BCUT2D eigenvalue weighted by molar-refractivity contribution is 6.03. The second kappa shape index (κ2) is 6.22. The van der Waals surface area contributed by atoms with Crippen molar-refractivity contribution < 1.29 is 14.3 Å². The van der Waals surface area contributed by atoms with E-state index in [9.17, 15) is 9.59 Å². The number of aryl methyl sites for hydroxylation is 1. The average molecular weight is 316 g/mol. The third-order valence-electron chi connectivity index (χ3n) is 4.63. The minimum Gasteiger partial charge on any atom is -0.479 e. The molecule has 2 aliphatic rings. The summed E-state index contributed by atoms with van der Waals surface area (Å²) in [5, 5.41) is 0. The Bertz CT molecular complexity index is 629. The van der Waals surface area contributed by atoms with Gasteiger partial charge in [0.25, 0.3) is 5.91 Å². The van der Waals surface area contributed by atoms with Gasteiger partial charge in [-0.2, -0.15) is 0 Å². The van der Waals surface area contributed by atoms with E-state index >= 15 is 0 Å². The summed E-state index contributed by atoms with van der Waals surface area (Å²) in [5.41, 5.74) is 1.74. The van der Waals surface area contributed by atoms with Crippen molar-refractivity contribution in [1.82, 2.24) is 4.90 Å². The molecule has 1 fully saturated rings. The largest absolute Gasteiger partial charge is 0.479 e. The lowest BCUT2D eigenvalue weighted by atomic mass is 10.0. The Labute approximate surface area is 137 Å². The molecule has 1 aromatic rings. The highest BCUT2D eigenvalue weighted by Gasteiger charge is 2.34. The van der Waals surface area contributed by atoms with Crippen LogP contribution in [0.1, 0.15) is 32.3 Å². The van der Waals surface area contributed by atoms with Gasteiger partial charge in [0.2, 0.25) is 5.91 Å². The summed E-state index contributed by atoms with van der Waals surface area (Å²) < 4.78 is 5.66. The first-order valence-electron chi connectivity index (χ1n) is 8.32. The topological polar surface area (TPSA) is 49.9 Å². The van der Waals surface area contributed by atoms with Gasteiger partial charge in [0.05, 0.1) is 5.69 Å². The Morgan fingerprint density at radius 3 is 2.87 bits per heavy atom. The minimum absolute atomic E-state index is 0.0199. The molecule has 0 N–H and O–H groups in total. The van der Waals surface area contributed by atoms with E-state index in [1.54, 1.807) is 11.8 Å². The van der Waals surface area contributed by atoms with Crippen LogP contribution in [-0.4, -0.2) is 42.5 Å². The SMILES string of the molecule is Cc1ccc2c(c1)N(CC(=O)N1CCC[C@@H](C)C1)C(=O)[C@@H](C)O2. The van der Waals surface area contributed by atoms with Crippen molar-refractivity contribution in [1.29, 1.82) is 0 Å². The van der Waals surface area contributed by atoms with E-state index in [-0.39, 0.29) is 18.4 Å². The van der Waals surface area contributed by atoms with Gasteiger partial charge in [0, 0.05) is 13.1 Å². The zero-order valence-electron chi connectivity index (χ0n) is 14.0. The minimum atomic E-state index is -0.557. The third kappa shape index (κ3) is 3.19. The van der Waals surface area contributed by atoms with Crippen molar-refractivity contribution >= 4 is 17.5 Å². The Morgan fingerprint density at radius 1 is 1.35 bits per heavy atom. The van der Waals surface area contributed by atoms with Gasteiger partial charge >= 0.3 is 0 Å². The molecule has 0 saturated carbocycles. The number of benzene rings is 1.